The summed E-state index contributed by atoms with van der Waals surface area (Å²) in [4.78, 5) is 40.7. The zero-order valence-electron chi connectivity index (χ0n) is 16.1. The molecular formula is C22H21FN2O4. The van der Waals surface area contributed by atoms with Crippen molar-refractivity contribution in [3.63, 3.8) is 0 Å². The second kappa shape index (κ2) is 7.08. The van der Waals surface area contributed by atoms with Crippen LogP contribution in [-0.2, 0) is 19.1 Å². The summed E-state index contributed by atoms with van der Waals surface area (Å²) in [6.07, 6.45) is 0. The lowest BCUT2D eigenvalue weighted by atomic mass is 9.80. The highest BCUT2D eigenvalue weighted by Crippen LogP contribution is 2.49. The molecule has 4 rings (SSSR count). The van der Waals surface area contributed by atoms with Crippen LogP contribution < -0.4 is 10.2 Å². The lowest BCUT2D eigenvalue weighted by Gasteiger charge is -2.29. The summed E-state index contributed by atoms with van der Waals surface area (Å²) in [5, 5.41) is 3.16. The first-order chi connectivity index (χ1) is 13.9. The topological polar surface area (TPSA) is 75.7 Å². The minimum Gasteiger partial charge on any atom is -0.465 e. The third-order valence-corrected chi connectivity index (χ3v) is 5.73. The van der Waals surface area contributed by atoms with Gasteiger partial charge < -0.3 is 4.74 Å². The molecule has 1 N–H and O–H groups in total. The molecule has 0 radical (unpaired) electrons. The first-order valence-corrected chi connectivity index (χ1v) is 9.51. The highest BCUT2D eigenvalue weighted by Gasteiger charge is 2.67. The van der Waals surface area contributed by atoms with Gasteiger partial charge in [0, 0.05) is 6.04 Å². The SMILES string of the molecule is CCOC(=O)[C@]1(C)N[C@@H](c2ccc(F)cc2)[C@H]2C(=O)N(c3ccccc3)C(=O)[C@H]21. The van der Waals surface area contributed by atoms with Crippen molar-refractivity contribution in [2.75, 3.05) is 11.5 Å². The van der Waals surface area contributed by atoms with Crippen LogP contribution in [-0.4, -0.2) is 29.9 Å². The van der Waals surface area contributed by atoms with Gasteiger partial charge in [-0.1, -0.05) is 30.3 Å². The highest BCUT2D eigenvalue weighted by molar-refractivity contribution is 6.24. The van der Waals surface area contributed by atoms with Gasteiger partial charge in [0.25, 0.3) is 0 Å². The van der Waals surface area contributed by atoms with E-state index in [-0.39, 0.29) is 12.5 Å². The van der Waals surface area contributed by atoms with E-state index < -0.39 is 41.1 Å². The number of anilines is 1. The maximum atomic E-state index is 13.4. The molecule has 0 bridgehead atoms. The van der Waals surface area contributed by atoms with Crippen molar-refractivity contribution in [3.05, 3.63) is 66.0 Å². The van der Waals surface area contributed by atoms with Gasteiger partial charge in [0.15, 0.2) is 0 Å². The number of para-hydroxylation sites is 1. The Morgan fingerprint density at radius 1 is 1.10 bits per heavy atom. The molecule has 2 amide bonds. The minimum absolute atomic E-state index is 0.152. The summed E-state index contributed by atoms with van der Waals surface area (Å²) in [5.41, 5.74) is -0.290. The molecule has 0 aliphatic carbocycles. The van der Waals surface area contributed by atoms with Crippen molar-refractivity contribution in [1.82, 2.24) is 5.32 Å². The number of halogens is 1. The maximum absolute atomic E-state index is 13.4. The van der Waals surface area contributed by atoms with Gasteiger partial charge in [-0.15, -0.1) is 0 Å². The molecule has 0 spiro atoms. The third-order valence-electron chi connectivity index (χ3n) is 5.73. The lowest BCUT2D eigenvalue weighted by Crippen LogP contribution is -2.54. The first-order valence-electron chi connectivity index (χ1n) is 9.51. The molecule has 4 atom stereocenters. The number of benzene rings is 2. The standard InChI is InChI=1S/C22H21FN2O4/c1-3-29-21(28)22(2)17-16(18(24-22)13-9-11-14(23)12-10-13)19(26)25(20(17)27)15-7-5-4-6-8-15/h4-12,16-18,24H,3H2,1-2H3/t16-,17-,18-,22+/m0/s1. The number of ether oxygens (including phenoxy) is 1. The van der Waals surface area contributed by atoms with Crippen LogP contribution in [0.25, 0.3) is 0 Å². The van der Waals surface area contributed by atoms with Crippen molar-refractivity contribution in [1.29, 1.82) is 0 Å². The fourth-order valence-corrected chi connectivity index (χ4v) is 4.40. The minimum atomic E-state index is -1.38. The van der Waals surface area contributed by atoms with Crippen LogP contribution in [0.1, 0.15) is 25.5 Å². The average molecular weight is 396 g/mol. The molecule has 6 nitrogen and oxygen atoms in total. The molecular weight excluding hydrogens is 375 g/mol. The normalized spacial score (nSPS) is 28.5. The van der Waals surface area contributed by atoms with Crippen molar-refractivity contribution < 1.29 is 23.5 Å². The number of fused-ring (bicyclic) bond motifs is 1. The van der Waals surface area contributed by atoms with Crippen molar-refractivity contribution in [3.8, 4) is 0 Å². The number of carbonyl (C=O) groups is 3. The zero-order chi connectivity index (χ0) is 20.8. The number of esters is 1. The molecule has 2 aliphatic heterocycles. The lowest BCUT2D eigenvalue weighted by molar-refractivity contribution is -0.153. The monoisotopic (exact) mass is 396 g/mol. The van der Waals surface area contributed by atoms with Crippen LogP contribution in [0.4, 0.5) is 10.1 Å². The zero-order valence-corrected chi connectivity index (χ0v) is 16.1. The van der Waals surface area contributed by atoms with E-state index in [1.807, 2.05) is 0 Å². The molecule has 29 heavy (non-hydrogen) atoms. The molecule has 150 valence electrons. The molecule has 2 saturated heterocycles. The molecule has 2 aliphatic rings. The van der Waals surface area contributed by atoms with Crippen LogP contribution in [0.15, 0.2) is 54.6 Å². The number of nitrogens with zero attached hydrogens (tertiary/aromatic N) is 1. The van der Waals surface area contributed by atoms with E-state index in [1.165, 1.54) is 12.1 Å². The predicted octanol–water partition coefficient (Wildman–Crippen LogP) is 2.60. The van der Waals surface area contributed by atoms with Crippen molar-refractivity contribution in [2.24, 2.45) is 11.8 Å². The Balaban J connectivity index is 1.81. The van der Waals surface area contributed by atoms with Gasteiger partial charge in [-0.3, -0.25) is 19.7 Å². The van der Waals surface area contributed by atoms with Gasteiger partial charge >= 0.3 is 5.97 Å². The Hall–Kier alpha value is -3.06. The number of nitrogens with one attached hydrogen (secondary N) is 1. The van der Waals surface area contributed by atoms with Gasteiger partial charge in [0.05, 0.1) is 24.1 Å². The Bertz CT molecular complexity index is 963. The third kappa shape index (κ3) is 2.93. The summed E-state index contributed by atoms with van der Waals surface area (Å²) in [6.45, 7) is 3.42. The quantitative estimate of drug-likeness (QED) is 0.635. The van der Waals surface area contributed by atoms with Gasteiger partial charge in [0.2, 0.25) is 11.8 Å². The summed E-state index contributed by atoms with van der Waals surface area (Å²) in [7, 11) is 0. The number of hydrogen-bond acceptors (Lipinski definition) is 5. The molecule has 0 aromatic heterocycles. The molecule has 0 saturated carbocycles. The maximum Gasteiger partial charge on any atom is 0.326 e. The van der Waals surface area contributed by atoms with Crippen LogP contribution in [0, 0.1) is 17.7 Å². The predicted molar refractivity (Wildman–Crippen MR) is 103 cm³/mol. The van der Waals surface area contributed by atoms with Crippen molar-refractivity contribution >= 4 is 23.5 Å². The van der Waals surface area contributed by atoms with E-state index in [0.717, 1.165) is 4.90 Å². The van der Waals surface area contributed by atoms with Crippen molar-refractivity contribution in [2.45, 2.75) is 25.4 Å². The summed E-state index contributed by atoms with van der Waals surface area (Å²) < 4.78 is 18.6. The summed E-state index contributed by atoms with van der Waals surface area (Å²) in [6, 6.07) is 13.7. The van der Waals surface area contributed by atoms with E-state index >= 15 is 0 Å². The van der Waals surface area contributed by atoms with Crippen LogP contribution in [0.5, 0.6) is 0 Å². The molecule has 2 aromatic rings. The van der Waals surface area contributed by atoms with E-state index in [1.54, 1.807) is 56.3 Å². The van der Waals surface area contributed by atoms with E-state index in [9.17, 15) is 18.8 Å². The second-order valence-corrected chi connectivity index (χ2v) is 7.45. The number of hydrogen-bond donors (Lipinski definition) is 1. The van der Waals surface area contributed by atoms with Gasteiger partial charge in [-0.2, -0.15) is 0 Å². The Labute approximate surface area is 167 Å². The van der Waals surface area contributed by atoms with E-state index in [4.69, 9.17) is 4.74 Å². The number of imide groups is 1. The van der Waals surface area contributed by atoms with Crippen LogP contribution in [0.2, 0.25) is 0 Å². The highest BCUT2D eigenvalue weighted by atomic mass is 19.1. The van der Waals surface area contributed by atoms with Crippen LogP contribution in [0.3, 0.4) is 0 Å². The molecule has 7 heteroatoms. The largest absolute Gasteiger partial charge is 0.465 e. The fourth-order valence-electron chi connectivity index (χ4n) is 4.40. The Kier molecular flexibility index (Phi) is 4.70. The van der Waals surface area contributed by atoms with E-state index in [2.05, 4.69) is 5.32 Å². The summed E-state index contributed by atoms with van der Waals surface area (Å²) >= 11 is 0. The first kappa shape index (κ1) is 19.3. The average Bonchev–Trinajstić information content (AvgIpc) is 3.17. The molecule has 2 fully saturated rings. The molecule has 0 unspecified atom stereocenters. The smallest absolute Gasteiger partial charge is 0.326 e. The van der Waals surface area contributed by atoms with Gasteiger partial charge in [-0.05, 0) is 43.7 Å². The summed E-state index contributed by atoms with van der Waals surface area (Å²) in [5.74, 6) is -3.56. The fraction of sp³-hybridized carbons (Fsp3) is 0.318. The molecule has 2 aromatic carbocycles. The van der Waals surface area contributed by atoms with E-state index in [0.29, 0.717) is 11.3 Å². The Morgan fingerprint density at radius 2 is 1.76 bits per heavy atom. The second-order valence-electron chi connectivity index (χ2n) is 7.45. The van der Waals surface area contributed by atoms with Gasteiger partial charge in [-0.25, -0.2) is 9.29 Å². The number of carbonyl (C=O) groups excluding carboxylic acids is 3. The number of amides is 2. The molecule has 2 heterocycles. The Morgan fingerprint density at radius 3 is 2.38 bits per heavy atom. The van der Waals surface area contributed by atoms with Gasteiger partial charge in [0.1, 0.15) is 11.4 Å². The number of rotatable bonds is 4. The van der Waals surface area contributed by atoms with Crippen LogP contribution >= 0.6 is 0 Å².